The van der Waals surface area contributed by atoms with Gasteiger partial charge in [-0.15, -0.1) is 0 Å². The number of hydrogen-bond donors (Lipinski definition) is 1. The Morgan fingerprint density at radius 2 is 2.17 bits per heavy atom. The summed E-state index contributed by atoms with van der Waals surface area (Å²) < 4.78 is 5.88. The van der Waals surface area contributed by atoms with Crippen LogP contribution in [0.2, 0.25) is 0 Å². The zero-order valence-corrected chi connectivity index (χ0v) is 11.0. The van der Waals surface area contributed by atoms with Crippen LogP contribution in [0.15, 0.2) is 11.8 Å². The van der Waals surface area contributed by atoms with E-state index < -0.39 is 0 Å². The molecule has 2 saturated heterocycles. The minimum absolute atomic E-state index is 0.0219. The zero-order valence-electron chi connectivity index (χ0n) is 11.0. The average Bonchev–Trinajstić information content (AvgIpc) is 2.88. The van der Waals surface area contributed by atoms with Gasteiger partial charge in [-0.05, 0) is 25.2 Å². The van der Waals surface area contributed by atoms with E-state index in [0.717, 1.165) is 25.8 Å². The number of carbonyl (C=O) groups excluding carboxylic acids is 1. The van der Waals surface area contributed by atoms with Gasteiger partial charge in [0.25, 0.3) is 0 Å². The minimum Gasteiger partial charge on any atom is -0.512 e. The molecule has 0 aromatic heterocycles. The van der Waals surface area contributed by atoms with Gasteiger partial charge < -0.3 is 14.7 Å². The molecule has 3 aliphatic heterocycles. The van der Waals surface area contributed by atoms with Crippen LogP contribution in [0.25, 0.3) is 0 Å². The van der Waals surface area contributed by atoms with Crippen molar-refractivity contribution in [2.45, 2.75) is 51.4 Å². The molecule has 4 nitrogen and oxygen atoms in total. The minimum atomic E-state index is -0.0504. The zero-order chi connectivity index (χ0) is 12.9. The molecule has 2 bridgehead atoms. The SMILES string of the molecule is CC(C)CCN1C(=O)C=C(O)C2C3CCC(O3)C21. The van der Waals surface area contributed by atoms with Gasteiger partial charge in [-0.2, -0.15) is 0 Å². The molecule has 0 aliphatic carbocycles. The molecule has 3 rings (SSSR count). The number of amides is 1. The molecule has 3 heterocycles. The van der Waals surface area contributed by atoms with Crippen molar-refractivity contribution in [3.05, 3.63) is 11.8 Å². The van der Waals surface area contributed by atoms with Gasteiger partial charge in [-0.25, -0.2) is 0 Å². The molecule has 1 N–H and O–H groups in total. The first-order valence-corrected chi connectivity index (χ1v) is 6.94. The van der Waals surface area contributed by atoms with Crippen molar-refractivity contribution in [1.29, 1.82) is 0 Å². The molecule has 0 aromatic rings. The van der Waals surface area contributed by atoms with Crippen molar-refractivity contribution in [3.8, 4) is 0 Å². The number of carbonyl (C=O) groups is 1. The third kappa shape index (κ3) is 1.74. The summed E-state index contributed by atoms with van der Waals surface area (Å²) in [5, 5.41) is 10.0. The van der Waals surface area contributed by atoms with Crippen LogP contribution in [-0.4, -0.2) is 40.7 Å². The molecule has 4 atom stereocenters. The summed E-state index contributed by atoms with van der Waals surface area (Å²) in [5.41, 5.74) is 0. The lowest BCUT2D eigenvalue weighted by Crippen LogP contribution is -2.53. The van der Waals surface area contributed by atoms with Gasteiger partial charge in [-0.3, -0.25) is 4.79 Å². The molecule has 0 spiro atoms. The van der Waals surface area contributed by atoms with E-state index in [1.807, 2.05) is 4.90 Å². The molecule has 100 valence electrons. The molecule has 3 aliphatic rings. The highest BCUT2D eigenvalue weighted by atomic mass is 16.5. The van der Waals surface area contributed by atoms with Crippen molar-refractivity contribution >= 4 is 5.91 Å². The van der Waals surface area contributed by atoms with Gasteiger partial charge in [-0.1, -0.05) is 13.8 Å². The lowest BCUT2D eigenvalue weighted by molar-refractivity contribution is -0.132. The van der Waals surface area contributed by atoms with Crippen molar-refractivity contribution in [1.82, 2.24) is 4.90 Å². The van der Waals surface area contributed by atoms with Gasteiger partial charge in [0, 0.05) is 12.6 Å². The predicted molar refractivity (Wildman–Crippen MR) is 67.1 cm³/mol. The third-order valence-corrected chi connectivity index (χ3v) is 4.44. The fraction of sp³-hybridized carbons (Fsp3) is 0.786. The standard InChI is InChI=1S/C14H21NO3/c1-8(2)5-6-15-12(17)7-9(16)13-10-3-4-11(18-10)14(13)15/h7-8,10-11,13-14,16H,3-6H2,1-2H3. The second kappa shape index (κ2) is 4.26. The topological polar surface area (TPSA) is 49.8 Å². The molecule has 0 saturated carbocycles. The number of aliphatic hydroxyl groups excluding tert-OH is 1. The smallest absolute Gasteiger partial charge is 0.250 e. The Labute approximate surface area is 108 Å². The van der Waals surface area contributed by atoms with Crippen molar-refractivity contribution in [2.75, 3.05) is 6.54 Å². The van der Waals surface area contributed by atoms with E-state index in [9.17, 15) is 9.90 Å². The van der Waals surface area contributed by atoms with Crippen LogP contribution < -0.4 is 0 Å². The van der Waals surface area contributed by atoms with Gasteiger partial charge in [0.15, 0.2) is 0 Å². The van der Waals surface area contributed by atoms with Gasteiger partial charge in [0.1, 0.15) is 5.76 Å². The summed E-state index contributed by atoms with van der Waals surface area (Å²) in [7, 11) is 0. The molecule has 0 radical (unpaired) electrons. The number of rotatable bonds is 3. The first-order valence-electron chi connectivity index (χ1n) is 6.94. The van der Waals surface area contributed by atoms with E-state index in [1.165, 1.54) is 6.08 Å². The summed E-state index contributed by atoms with van der Waals surface area (Å²) >= 11 is 0. The number of aliphatic hydroxyl groups is 1. The average molecular weight is 251 g/mol. The summed E-state index contributed by atoms with van der Waals surface area (Å²) in [6, 6.07) is 0.0694. The van der Waals surface area contributed by atoms with Crippen LogP contribution in [0.5, 0.6) is 0 Å². The first kappa shape index (κ1) is 12.0. The van der Waals surface area contributed by atoms with Crippen LogP contribution in [0.4, 0.5) is 0 Å². The number of fused-ring (bicyclic) bond motifs is 5. The van der Waals surface area contributed by atoms with E-state index >= 15 is 0 Å². The summed E-state index contributed by atoms with van der Waals surface area (Å²) in [4.78, 5) is 14.0. The number of hydrogen-bond acceptors (Lipinski definition) is 3. The highest BCUT2D eigenvalue weighted by molar-refractivity contribution is 5.89. The molecular weight excluding hydrogens is 230 g/mol. The van der Waals surface area contributed by atoms with Gasteiger partial charge in [0.05, 0.1) is 24.2 Å². The summed E-state index contributed by atoms with van der Waals surface area (Å²) in [6.07, 6.45) is 4.67. The van der Waals surface area contributed by atoms with Crippen LogP contribution in [0, 0.1) is 11.8 Å². The summed E-state index contributed by atoms with van der Waals surface area (Å²) in [6.45, 7) is 5.10. The maximum absolute atomic E-state index is 12.1. The maximum Gasteiger partial charge on any atom is 0.250 e. The number of nitrogens with zero attached hydrogens (tertiary/aromatic N) is 1. The van der Waals surface area contributed by atoms with Crippen LogP contribution in [0.1, 0.15) is 33.1 Å². The third-order valence-electron chi connectivity index (χ3n) is 4.44. The van der Waals surface area contributed by atoms with E-state index in [4.69, 9.17) is 4.74 Å². The van der Waals surface area contributed by atoms with Crippen LogP contribution in [0.3, 0.4) is 0 Å². The molecule has 4 heteroatoms. The van der Waals surface area contributed by atoms with Gasteiger partial charge in [0.2, 0.25) is 5.91 Å². The van der Waals surface area contributed by atoms with E-state index in [1.54, 1.807) is 0 Å². The Morgan fingerprint density at radius 1 is 1.44 bits per heavy atom. The van der Waals surface area contributed by atoms with E-state index in [0.29, 0.717) is 5.92 Å². The highest BCUT2D eigenvalue weighted by Gasteiger charge is 2.55. The fourth-order valence-electron chi connectivity index (χ4n) is 3.52. The second-order valence-electron chi connectivity index (χ2n) is 6.09. The van der Waals surface area contributed by atoms with Crippen molar-refractivity contribution < 1.29 is 14.6 Å². The largest absolute Gasteiger partial charge is 0.512 e. The Morgan fingerprint density at radius 3 is 2.89 bits per heavy atom. The molecular formula is C14H21NO3. The molecule has 4 unspecified atom stereocenters. The van der Waals surface area contributed by atoms with Crippen LogP contribution >= 0.6 is 0 Å². The first-order chi connectivity index (χ1) is 8.58. The quantitative estimate of drug-likeness (QED) is 0.833. The maximum atomic E-state index is 12.1. The normalized spacial score (nSPS) is 38.3. The van der Waals surface area contributed by atoms with Crippen LogP contribution in [-0.2, 0) is 9.53 Å². The number of ether oxygens (including phenoxy) is 1. The van der Waals surface area contributed by atoms with Gasteiger partial charge >= 0.3 is 0 Å². The monoisotopic (exact) mass is 251 g/mol. The molecule has 2 fully saturated rings. The summed E-state index contributed by atoms with van der Waals surface area (Å²) in [5.74, 6) is 0.785. The Kier molecular flexibility index (Phi) is 2.85. The van der Waals surface area contributed by atoms with E-state index in [2.05, 4.69) is 13.8 Å². The predicted octanol–water partition coefficient (Wildman–Crippen LogP) is 1.86. The van der Waals surface area contributed by atoms with Crippen molar-refractivity contribution in [2.24, 2.45) is 11.8 Å². The van der Waals surface area contributed by atoms with E-state index in [-0.39, 0.29) is 35.8 Å². The highest BCUT2D eigenvalue weighted by Crippen LogP contribution is 2.46. The van der Waals surface area contributed by atoms with Crippen molar-refractivity contribution in [3.63, 3.8) is 0 Å². The second-order valence-corrected chi connectivity index (χ2v) is 6.09. The Bertz CT molecular complexity index is 391. The lowest BCUT2D eigenvalue weighted by atomic mass is 9.80. The Hall–Kier alpha value is -1.03. The Balaban J connectivity index is 1.83. The molecule has 0 aromatic carbocycles. The molecule has 1 amide bonds. The molecule has 18 heavy (non-hydrogen) atoms. The lowest BCUT2D eigenvalue weighted by Gasteiger charge is -2.40. The fourth-order valence-corrected chi connectivity index (χ4v) is 3.52.